The van der Waals surface area contributed by atoms with Crippen molar-refractivity contribution < 1.29 is 135 Å². The van der Waals surface area contributed by atoms with Crippen molar-refractivity contribution in [1.82, 2.24) is 5.32 Å². The second-order valence-electron chi connectivity index (χ2n) is 21.5. The Labute approximate surface area is 581 Å². The van der Waals surface area contributed by atoms with Crippen LogP contribution in [0, 0.1) is 0 Å². The first-order valence-electron chi connectivity index (χ1n) is 29.6. The molecule has 6 aromatic carbocycles. The number of rotatable bonds is 23. The third kappa shape index (κ3) is 18.3. The van der Waals surface area contributed by atoms with Gasteiger partial charge in [-0.05, 0) is 72.8 Å². The molecule has 0 aromatic heterocycles. The summed E-state index contributed by atoms with van der Waals surface area (Å²) in [5.74, 6) is -12.5. The molecule has 0 radical (unpaired) electrons. The Kier molecular flexibility index (Phi) is 25.1. The molecule has 27 nitrogen and oxygen atoms in total. The van der Waals surface area contributed by atoms with Crippen LogP contribution in [0.2, 0.25) is 0 Å². The second-order valence-corrected chi connectivity index (χ2v) is 25.3. The van der Waals surface area contributed by atoms with Crippen molar-refractivity contribution in [3.8, 4) is 0 Å². The number of nitrogens with one attached hydrogen (secondary N) is 1. The van der Waals surface area contributed by atoms with Gasteiger partial charge < -0.3 is 71.6 Å². The zero-order valence-electron chi connectivity index (χ0n) is 52.0. The summed E-state index contributed by atoms with van der Waals surface area (Å²) in [6.07, 6.45) is -35.4. The molecule has 100 heavy (non-hydrogen) atoms. The maximum Gasteiger partial charge on any atom is 0.523 e. The van der Waals surface area contributed by atoms with Gasteiger partial charge >= 0.3 is 63.4 Å². The van der Waals surface area contributed by atoms with Gasteiger partial charge in [-0.1, -0.05) is 144 Å². The number of carbonyl (C=O) groups excluding carboxylic acids is 9. The predicted octanol–water partition coefficient (Wildman–Crippen LogP) is 7.00. The van der Waals surface area contributed by atoms with Crippen molar-refractivity contribution >= 4 is 98.6 Å². The smallest absolute Gasteiger partial charge is 0.467 e. The predicted molar refractivity (Wildman–Crippen MR) is 334 cm³/mol. The third-order valence-electron chi connectivity index (χ3n) is 15.0. The Balaban J connectivity index is 1.29. The minimum absolute atomic E-state index is 0.138. The third-order valence-corrected chi connectivity index (χ3v) is 16.6. The molecule has 530 valence electrons. The number of hydrogen-bond acceptors (Lipinski definition) is 26. The molecule has 0 aliphatic carbocycles. The van der Waals surface area contributed by atoms with E-state index in [4.69, 9.17) is 105 Å². The van der Waals surface area contributed by atoms with Crippen LogP contribution in [0.1, 0.15) is 62.1 Å². The molecule has 3 heterocycles. The number of halogens is 6. The molecule has 3 saturated heterocycles. The number of esters is 8. The van der Waals surface area contributed by atoms with Crippen LogP contribution in [0.3, 0.4) is 0 Å². The van der Waals surface area contributed by atoms with Crippen LogP contribution in [-0.4, -0.2) is 191 Å². The van der Waals surface area contributed by atoms with Crippen molar-refractivity contribution in [3.05, 3.63) is 215 Å². The van der Waals surface area contributed by atoms with E-state index in [-0.39, 0.29) is 33.4 Å². The molecule has 0 saturated carbocycles. The summed E-state index contributed by atoms with van der Waals surface area (Å²) < 4.78 is 158. The van der Waals surface area contributed by atoms with E-state index in [1.165, 1.54) is 176 Å². The number of alkyl halides is 6. The summed E-state index contributed by atoms with van der Waals surface area (Å²) in [5.41, 5.74) is -7.81. The minimum Gasteiger partial charge on any atom is -0.467 e. The molecule has 3 fully saturated rings. The quantitative estimate of drug-likeness (QED) is 0.0222. The van der Waals surface area contributed by atoms with Crippen molar-refractivity contribution in [2.75, 3.05) is 27.9 Å². The number of amides is 1. The van der Waals surface area contributed by atoms with E-state index in [0.29, 0.717) is 0 Å². The highest BCUT2D eigenvalue weighted by Crippen LogP contribution is 2.41. The molecule has 0 bridgehead atoms. The number of benzene rings is 6. The number of methoxy groups -OCH3 is 3. The van der Waals surface area contributed by atoms with Gasteiger partial charge in [0.15, 0.2) is 61.6 Å². The van der Waals surface area contributed by atoms with E-state index in [1.807, 2.05) is 0 Å². The van der Waals surface area contributed by atoms with Gasteiger partial charge in [0.05, 0.1) is 47.6 Å². The maximum atomic E-state index is 15.1. The van der Waals surface area contributed by atoms with Crippen LogP contribution < -0.4 is 5.32 Å². The molecule has 3 aliphatic rings. The van der Waals surface area contributed by atoms with Crippen molar-refractivity contribution in [2.24, 2.45) is 0 Å². The normalized spacial score (nSPS) is 25.3. The van der Waals surface area contributed by atoms with E-state index in [1.54, 1.807) is 6.07 Å². The van der Waals surface area contributed by atoms with Crippen LogP contribution in [0.25, 0.3) is 0 Å². The average Bonchev–Trinajstić information content (AvgIpc) is 0.753. The lowest BCUT2D eigenvalue weighted by atomic mass is 9.93. The zero-order valence-corrected chi connectivity index (χ0v) is 55.1. The highest BCUT2D eigenvalue weighted by atomic mass is 35.6. The summed E-state index contributed by atoms with van der Waals surface area (Å²) in [4.78, 5) is 129. The molecule has 15 atom stereocenters. The summed E-state index contributed by atoms with van der Waals surface area (Å²) in [6.45, 7) is -1.47. The second kappa shape index (κ2) is 33.4. The van der Waals surface area contributed by atoms with Crippen LogP contribution in [-0.2, 0) is 95.0 Å². The Morgan fingerprint density at radius 3 is 1.12 bits per heavy atom. The van der Waals surface area contributed by atoms with Gasteiger partial charge in [0.25, 0.3) is 9.70 Å². The zero-order chi connectivity index (χ0) is 72.1. The number of carbonyl (C=O) groups is 9. The van der Waals surface area contributed by atoms with Gasteiger partial charge in [-0.15, -0.1) is 0 Å². The van der Waals surface area contributed by atoms with Crippen molar-refractivity contribution in [2.45, 2.75) is 101 Å². The molecular formula is C66H57Cl3F3NO26S. The summed E-state index contributed by atoms with van der Waals surface area (Å²) in [5, 5.41) is 2.11. The van der Waals surface area contributed by atoms with Crippen LogP contribution in [0.5, 0.6) is 0 Å². The lowest BCUT2D eigenvalue weighted by Crippen LogP contribution is -2.72. The Morgan fingerprint density at radius 2 is 0.750 bits per heavy atom. The van der Waals surface area contributed by atoms with Gasteiger partial charge in [-0.2, -0.15) is 21.6 Å². The standard InChI is InChI=1S/C66H57Cl3F3NO26S/c1-85-59(80)49-45(90-54(75)36-24-12-5-13-25-36)47(91-55(76)37-26-14-6-15-27-37)52(94-58(79)40-32-20-9-21-33-40)63(98-49)95-44-42(73-64(82)65(67,68)69)61(89-41(43(44)99-100(83,84)66(70,71)72)34-88-53(74)35-22-10-4-11-23-35)96-46-48(92-56(77)38-28-16-7-17-29-38)51(62(87-3)97-50(46)60(81)86-2)93-57(78)39-30-18-8-19-31-39/h4-33,41-52,61-63H,34H2,1-3H3,(H,73,82)/t41-,42-,43+,44-,45+,46+,47+,48+,49+,50+,51-,52-,61+,62-,63-/m1/s1. The lowest BCUT2D eigenvalue weighted by Gasteiger charge is -2.50. The first-order valence-corrected chi connectivity index (χ1v) is 32.1. The first-order chi connectivity index (χ1) is 47.7. The SMILES string of the molecule is COC(=O)[C@H]1O[C@@H](O[C@@H]2[C@@H](NC(=O)C(Cl)(Cl)Cl)[C@H](O[C@H]3[C@H](OC(=O)c4ccccc4)[C@@H](OC(=O)c4ccccc4)[C@H](OC)O[C@@H]3C(=O)OC)O[C@H](COC(=O)c3ccccc3)[C@@H]2OS(=O)(=O)C(F)(F)F)[C@H](OC(=O)c2ccccc2)[C@@H](OC(=O)c2ccccc2)[C@@H]1OC(=O)c1ccccc1. The summed E-state index contributed by atoms with van der Waals surface area (Å²) in [6, 6.07) is 38.0. The molecule has 0 unspecified atom stereocenters. The van der Waals surface area contributed by atoms with Gasteiger partial charge in [0, 0.05) is 7.11 Å². The van der Waals surface area contributed by atoms with Gasteiger partial charge in [-0.3, -0.25) is 8.98 Å². The van der Waals surface area contributed by atoms with Crippen LogP contribution in [0.4, 0.5) is 13.2 Å². The fourth-order valence-electron chi connectivity index (χ4n) is 10.3. The van der Waals surface area contributed by atoms with Gasteiger partial charge in [0.2, 0.25) is 0 Å². The van der Waals surface area contributed by atoms with E-state index in [0.717, 1.165) is 21.3 Å². The molecule has 6 aromatic rings. The highest BCUT2D eigenvalue weighted by Gasteiger charge is 2.63. The molecule has 1 amide bonds. The van der Waals surface area contributed by atoms with Gasteiger partial charge in [-0.25, -0.2) is 38.4 Å². The molecule has 3 aliphatic heterocycles. The number of ether oxygens (including phenoxy) is 14. The van der Waals surface area contributed by atoms with Crippen LogP contribution in [0.15, 0.2) is 182 Å². The topological polar surface area (TPSA) is 338 Å². The van der Waals surface area contributed by atoms with Crippen LogP contribution >= 0.6 is 34.8 Å². The Morgan fingerprint density at radius 1 is 0.420 bits per heavy atom. The largest absolute Gasteiger partial charge is 0.523 e. The first kappa shape index (κ1) is 75.1. The average molecular weight is 1480 g/mol. The fraction of sp³-hybridized carbons (Fsp3) is 0.318. The Hall–Kier alpha value is -9.12. The van der Waals surface area contributed by atoms with E-state index >= 15 is 13.2 Å². The highest BCUT2D eigenvalue weighted by molar-refractivity contribution is 7.87. The number of hydrogen-bond donors (Lipinski definition) is 1. The molecule has 34 heteroatoms. The monoisotopic (exact) mass is 1470 g/mol. The van der Waals surface area contributed by atoms with E-state index < -0.39 is 172 Å². The van der Waals surface area contributed by atoms with Crippen molar-refractivity contribution in [3.63, 3.8) is 0 Å². The van der Waals surface area contributed by atoms with E-state index in [2.05, 4.69) is 5.32 Å². The fourth-order valence-corrected chi connectivity index (χ4v) is 11.1. The lowest BCUT2D eigenvalue weighted by molar-refractivity contribution is -0.356. The molecule has 1 N–H and O–H groups in total. The molecule has 0 spiro atoms. The summed E-state index contributed by atoms with van der Waals surface area (Å²) in [7, 11) is -4.46. The summed E-state index contributed by atoms with van der Waals surface area (Å²) >= 11 is 18.6. The minimum atomic E-state index is -7.11. The van der Waals surface area contributed by atoms with Gasteiger partial charge in [0.1, 0.15) is 37.1 Å². The molecule has 9 rings (SSSR count). The van der Waals surface area contributed by atoms with Crippen molar-refractivity contribution in [1.29, 1.82) is 0 Å². The maximum absolute atomic E-state index is 15.1. The molecular weight excluding hydrogens is 1420 g/mol. The Bertz CT molecular complexity index is 3970. The van der Waals surface area contributed by atoms with E-state index in [9.17, 15) is 51.6 Å².